The largest absolute Gasteiger partial charge is 0.416 e. The number of nitrogens with zero attached hydrogens (tertiary/aromatic N) is 2. The van der Waals surface area contributed by atoms with Gasteiger partial charge >= 0.3 is 6.18 Å². The lowest BCUT2D eigenvalue weighted by molar-refractivity contribution is -0.137. The second-order valence-electron chi connectivity index (χ2n) is 7.00. The lowest BCUT2D eigenvalue weighted by Crippen LogP contribution is -2.46. The molecule has 0 aliphatic carbocycles. The number of hydrogen-bond donors (Lipinski definition) is 0. The number of benzene rings is 1. The Morgan fingerprint density at radius 3 is 2.29 bits per heavy atom. The number of rotatable bonds is 3. The van der Waals surface area contributed by atoms with E-state index in [4.69, 9.17) is 0 Å². The van der Waals surface area contributed by atoms with Crippen molar-refractivity contribution >= 4 is 11.9 Å². The van der Waals surface area contributed by atoms with Gasteiger partial charge in [-0.05, 0) is 74.8 Å². The van der Waals surface area contributed by atoms with Crippen molar-refractivity contribution in [2.24, 2.45) is 5.92 Å². The minimum Gasteiger partial charge on any atom is -0.300 e. The number of alkyl halides is 3. The van der Waals surface area contributed by atoms with Crippen LogP contribution < -0.4 is 0 Å². The van der Waals surface area contributed by atoms with Crippen LogP contribution in [0.4, 0.5) is 13.2 Å². The topological polar surface area (TPSA) is 6.48 Å². The summed E-state index contributed by atoms with van der Waals surface area (Å²) in [5, 5.41) is 0. The molecule has 24 heavy (non-hydrogen) atoms. The third kappa shape index (κ3) is 4.67. The molecule has 2 nitrogen and oxygen atoms in total. The van der Waals surface area contributed by atoms with Gasteiger partial charge in [0.2, 0.25) is 0 Å². The van der Waals surface area contributed by atoms with Gasteiger partial charge in [-0.3, -0.25) is 0 Å². The first-order valence-electron chi connectivity index (χ1n) is 8.76. The van der Waals surface area contributed by atoms with Crippen molar-refractivity contribution in [1.29, 1.82) is 0 Å². The molecule has 1 aromatic rings. The van der Waals surface area contributed by atoms with E-state index in [-0.39, 0.29) is 0 Å². The molecule has 0 saturated carbocycles. The molecule has 2 fully saturated rings. The second kappa shape index (κ2) is 7.67. The van der Waals surface area contributed by atoms with E-state index in [1.807, 2.05) is 0 Å². The Kier molecular flexibility index (Phi) is 5.78. The van der Waals surface area contributed by atoms with E-state index in [9.17, 15) is 13.2 Å². The van der Waals surface area contributed by atoms with Crippen LogP contribution in [0.1, 0.15) is 38.2 Å². The summed E-state index contributed by atoms with van der Waals surface area (Å²) in [6.07, 6.45) is 0.536. The van der Waals surface area contributed by atoms with Crippen LogP contribution in [0.25, 0.3) is 0 Å². The average molecular weight is 358 g/mol. The second-order valence-corrected chi connectivity index (χ2v) is 8.17. The van der Waals surface area contributed by atoms with Crippen LogP contribution >= 0.6 is 11.9 Å². The minimum atomic E-state index is -4.27. The molecule has 3 rings (SSSR count). The van der Waals surface area contributed by atoms with E-state index in [1.54, 1.807) is 6.07 Å². The van der Waals surface area contributed by atoms with Gasteiger partial charge in [-0.15, -0.1) is 0 Å². The number of halogens is 3. The van der Waals surface area contributed by atoms with E-state index in [1.165, 1.54) is 50.0 Å². The molecule has 0 spiro atoms. The van der Waals surface area contributed by atoms with Gasteiger partial charge < -0.3 is 4.90 Å². The first-order chi connectivity index (χ1) is 11.4. The predicted molar refractivity (Wildman–Crippen MR) is 91.9 cm³/mol. The van der Waals surface area contributed by atoms with Crippen LogP contribution in [0.5, 0.6) is 0 Å². The van der Waals surface area contributed by atoms with E-state index in [0.29, 0.717) is 10.9 Å². The zero-order valence-corrected chi connectivity index (χ0v) is 14.9. The zero-order chi connectivity index (χ0) is 17.2. The molecule has 2 heterocycles. The lowest BCUT2D eigenvalue weighted by Gasteiger charge is -2.41. The fourth-order valence-electron chi connectivity index (χ4n) is 3.57. The molecule has 0 unspecified atom stereocenters. The fourth-order valence-corrected chi connectivity index (χ4v) is 4.58. The normalized spacial score (nSPS) is 22.8. The van der Waals surface area contributed by atoms with Gasteiger partial charge in [0.15, 0.2) is 0 Å². The number of likely N-dealkylation sites (tertiary alicyclic amines) is 1. The van der Waals surface area contributed by atoms with Crippen LogP contribution in [-0.2, 0) is 6.18 Å². The van der Waals surface area contributed by atoms with Crippen molar-refractivity contribution in [3.05, 3.63) is 29.8 Å². The predicted octanol–water partition coefficient (Wildman–Crippen LogP) is 4.91. The summed E-state index contributed by atoms with van der Waals surface area (Å²) in [7, 11) is 0. The molecule has 0 atom stereocenters. The van der Waals surface area contributed by atoms with Gasteiger partial charge in [0.1, 0.15) is 0 Å². The van der Waals surface area contributed by atoms with Crippen LogP contribution in [0, 0.1) is 5.92 Å². The van der Waals surface area contributed by atoms with Gasteiger partial charge in [0, 0.05) is 24.0 Å². The Hall–Kier alpha value is -0.720. The van der Waals surface area contributed by atoms with Gasteiger partial charge in [-0.2, -0.15) is 13.2 Å². The Balaban J connectivity index is 1.51. The van der Waals surface area contributed by atoms with Crippen LogP contribution in [0.2, 0.25) is 0 Å². The Morgan fingerprint density at radius 2 is 1.67 bits per heavy atom. The third-order valence-electron chi connectivity index (χ3n) is 5.15. The fraction of sp³-hybridized carbons (Fsp3) is 0.667. The lowest BCUT2D eigenvalue weighted by atomic mass is 9.95. The zero-order valence-electron chi connectivity index (χ0n) is 14.1. The maximum absolute atomic E-state index is 12.8. The van der Waals surface area contributed by atoms with Crippen molar-refractivity contribution < 1.29 is 13.2 Å². The quantitative estimate of drug-likeness (QED) is 0.709. The van der Waals surface area contributed by atoms with Crippen molar-refractivity contribution in [1.82, 2.24) is 9.21 Å². The summed E-state index contributed by atoms with van der Waals surface area (Å²) < 4.78 is 40.6. The highest BCUT2D eigenvalue weighted by Gasteiger charge is 2.31. The molecule has 0 amide bonds. The highest BCUT2D eigenvalue weighted by molar-refractivity contribution is 7.97. The molecule has 2 saturated heterocycles. The van der Waals surface area contributed by atoms with Crippen LogP contribution in [0.15, 0.2) is 29.2 Å². The van der Waals surface area contributed by atoms with Gasteiger partial charge in [-0.1, -0.05) is 13.0 Å². The molecule has 0 N–H and O–H groups in total. The molecule has 2 aliphatic heterocycles. The standard InChI is InChI=1S/C18H25F3N2S/c1-14-5-9-22(10-6-14)16-7-11-23(12-8-16)24-17-4-2-3-15(13-17)18(19,20)21/h2-4,13-14,16H,5-12H2,1H3. The summed E-state index contributed by atoms with van der Waals surface area (Å²) in [4.78, 5) is 3.29. The Morgan fingerprint density at radius 1 is 1.00 bits per heavy atom. The molecule has 0 bridgehead atoms. The van der Waals surface area contributed by atoms with E-state index >= 15 is 0 Å². The summed E-state index contributed by atoms with van der Waals surface area (Å²) >= 11 is 1.46. The van der Waals surface area contributed by atoms with E-state index < -0.39 is 11.7 Å². The van der Waals surface area contributed by atoms with E-state index in [0.717, 1.165) is 37.9 Å². The molecular formula is C18H25F3N2S. The van der Waals surface area contributed by atoms with Crippen molar-refractivity contribution in [3.8, 4) is 0 Å². The molecule has 0 aromatic heterocycles. The molecular weight excluding hydrogens is 333 g/mol. The van der Waals surface area contributed by atoms with Gasteiger partial charge in [0.05, 0.1) is 5.56 Å². The summed E-state index contributed by atoms with van der Waals surface area (Å²) in [5.41, 5.74) is -0.565. The monoisotopic (exact) mass is 358 g/mol. The maximum Gasteiger partial charge on any atom is 0.416 e. The van der Waals surface area contributed by atoms with Gasteiger partial charge in [0.25, 0.3) is 0 Å². The molecule has 134 valence electrons. The van der Waals surface area contributed by atoms with Crippen molar-refractivity contribution in [2.45, 2.75) is 49.7 Å². The van der Waals surface area contributed by atoms with Crippen molar-refractivity contribution in [3.63, 3.8) is 0 Å². The Bertz CT molecular complexity index is 533. The Labute approximate surface area is 146 Å². The third-order valence-corrected chi connectivity index (χ3v) is 6.24. The number of piperidine rings is 2. The van der Waals surface area contributed by atoms with Crippen LogP contribution in [-0.4, -0.2) is 41.4 Å². The summed E-state index contributed by atoms with van der Waals surface area (Å²) in [5.74, 6) is 0.845. The summed E-state index contributed by atoms with van der Waals surface area (Å²) in [6.45, 7) is 6.61. The molecule has 1 aromatic carbocycles. The number of hydrogen-bond acceptors (Lipinski definition) is 3. The first kappa shape index (κ1) is 18.1. The average Bonchev–Trinajstić information content (AvgIpc) is 2.56. The highest BCUT2D eigenvalue weighted by Crippen LogP contribution is 2.34. The molecule has 0 radical (unpaired) electrons. The minimum absolute atomic E-state index is 0.565. The molecule has 6 heteroatoms. The SMILES string of the molecule is CC1CCN(C2CCN(Sc3cccc(C(F)(F)F)c3)CC2)CC1. The van der Waals surface area contributed by atoms with Gasteiger partial charge in [-0.25, -0.2) is 4.31 Å². The van der Waals surface area contributed by atoms with E-state index in [2.05, 4.69) is 16.1 Å². The maximum atomic E-state index is 12.8. The van der Waals surface area contributed by atoms with Crippen molar-refractivity contribution in [2.75, 3.05) is 26.2 Å². The highest BCUT2D eigenvalue weighted by atomic mass is 32.2. The first-order valence-corrected chi connectivity index (χ1v) is 9.53. The smallest absolute Gasteiger partial charge is 0.300 e. The molecule has 2 aliphatic rings. The summed E-state index contributed by atoms with van der Waals surface area (Å²) in [6, 6.07) is 6.29. The van der Waals surface area contributed by atoms with Crippen LogP contribution in [0.3, 0.4) is 0 Å².